The van der Waals surface area contributed by atoms with E-state index in [1.807, 2.05) is 61.2 Å². The van der Waals surface area contributed by atoms with Crippen molar-refractivity contribution in [3.05, 3.63) is 59.2 Å². The van der Waals surface area contributed by atoms with Gasteiger partial charge in [0.2, 0.25) is 11.8 Å². The highest BCUT2D eigenvalue weighted by atomic mass is 16.6. The van der Waals surface area contributed by atoms with E-state index in [4.69, 9.17) is 9.47 Å². The summed E-state index contributed by atoms with van der Waals surface area (Å²) in [5, 5.41) is 0. The second kappa shape index (κ2) is 8.78. The van der Waals surface area contributed by atoms with Gasteiger partial charge in [0.25, 0.3) is 0 Å². The van der Waals surface area contributed by atoms with Gasteiger partial charge in [-0.25, -0.2) is 0 Å². The number of benzene rings is 2. The summed E-state index contributed by atoms with van der Waals surface area (Å²) in [4.78, 5) is 29.3. The van der Waals surface area contributed by atoms with E-state index in [9.17, 15) is 9.59 Å². The Kier molecular flexibility index (Phi) is 5.93. The van der Waals surface area contributed by atoms with Gasteiger partial charge in [0.1, 0.15) is 13.2 Å². The van der Waals surface area contributed by atoms with E-state index < -0.39 is 0 Å². The maximum atomic E-state index is 13.1. The van der Waals surface area contributed by atoms with Gasteiger partial charge in [-0.15, -0.1) is 0 Å². The molecule has 0 aliphatic carbocycles. The molecule has 0 bridgehead atoms. The maximum Gasteiger partial charge on any atom is 0.228 e. The topological polar surface area (TPSA) is 59.1 Å². The maximum absolute atomic E-state index is 13.1. The minimum absolute atomic E-state index is 0.0344. The molecule has 0 radical (unpaired) electrons. The number of nitrogens with zero attached hydrogens (tertiary/aromatic N) is 2. The Hall–Kier alpha value is -3.02. The molecule has 30 heavy (non-hydrogen) atoms. The molecule has 1 saturated heterocycles. The molecule has 6 heteroatoms. The van der Waals surface area contributed by atoms with E-state index in [1.54, 1.807) is 4.90 Å². The number of carbonyl (C=O) groups excluding carboxylic acids is 2. The summed E-state index contributed by atoms with van der Waals surface area (Å²) >= 11 is 0. The average Bonchev–Trinajstić information content (AvgIpc) is 3.13. The van der Waals surface area contributed by atoms with Crippen molar-refractivity contribution in [2.75, 3.05) is 26.3 Å². The van der Waals surface area contributed by atoms with E-state index in [0.29, 0.717) is 39.4 Å². The monoisotopic (exact) mass is 408 g/mol. The Morgan fingerprint density at radius 2 is 1.77 bits per heavy atom. The van der Waals surface area contributed by atoms with Gasteiger partial charge in [0, 0.05) is 32.6 Å². The molecule has 1 fully saturated rings. The molecule has 1 unspecified atom stereocenters. The van der Waals surface area contributed by atoms with Gasteiger partial charge in [-0.1, -0.05) is 35.9 Å². The lowest BCUT2D eigenvalue weighted by Crippen LogP contribution is -2.37. The molecule has 4 rings (SSSR count). The van der Waals surface area contributed by atoms with Crippen LogP contribution in [0.1, 0.15) is 30.0 Å². The number of ether oxygens (including phenoxy) is 2. The highest BCUT2D eigenvalue weighted by Gasteiger charge is 2.36. The van der Waals surface area contributed by atoms with Crippen LogP contribution in [0.3, 0.4) is 0 Å². The number of hydrogen-bond acceptors (Lipinski definition) is 4. The third-order valence-electron chi connectivity index (χ3n) is 5.73. The number of aryl methyl sites for hydroxylation is 1. The lowest BCUT2D eigenvalue weighted by atomic mass is 10.1. The molecule has 6 nitrogen and oxygen atoms in total. The zero-order valence-corrected chi connectivity index (χ0v) is 17.6. The average molecular weight is 408 g/mol. The number of likely N-dealkylation sites (tertiary alicyclic amines) is 1. The van der Waals surface area contributed by atoms with E-state index in [-0.39, 0.29) is 24.2 Å². The lowest BCUT2D eigenvalue weighted by molar-refractivity contribution is -0.136. The van der Waals surface area contributed by atoms with Gasteiger partial charge in [0.15, 0.2) is 11.5 Å². The largest absolute Gasteiger partial charge is 0.486 e. The number of hydrogen-bond donors (Lipinski definition) is 0. The van der Waals surface area contributed by atoms with Crippen molar-refractivity contribution >= 4 is 11.8 Å². The normalized spacial score (nSPS) is 17.9. The van der Waals surface area contributed by atoms with Crippen molar-refractivity contribution < 1.29 is 19.1 Å². The van der Waals surface area contributed by atoms with Crippen LogP contribution in [-0.2, 0) is 22.7 Å². The molecule has 0 saturated carbocycles. The summed E-state index contributed by atoms with van der Waals surface area (Å²) < 4.78 is 11.2. The first-order valence-electron chi connectivity index (χ1n) is 10.5. The zero-order chi connectivity index (χ0) is 21.1. The van der Waals surface area contributed by atoms with Gasteiger partial charge in [0.05, 0.1) is 5.92 Å². The predicted octanol–water partition coefficient (Wildman–Crippen LogP) is 3.16. The molecule has 1 atom stereocenters. The number of fused-ring (bicyclic) bond motifs is 1. The number of amides is 2. The van der Waals surface area contributed by atoms with Crippen LogP contribution in [0.15, 0.2) is 42.5 Å². The van der Waals surface area contributed by atoms with Crippen molar-refractivity contribution in [3.63, 3.8) is 0 Å². The van der Waals surface area contributed by atoms with E-state index in [2.05, 4.69) is 0 Å². The van der Waals surface area contributed by atoms with Crippen LogP contribution in [0.25, 0.3) is 0 Å². The minimum atomic E-state index is -0.292. The van der Waals surface area contributed by atoms with Crippen LogP contribution >= 0.6 is 0 Å². The number of rotatable bonds is 6. The van der Waals surface area contributed by atoms with Crippen LogP contribution in [-0.4, -0.2) is 47.9 Å². The van der Waals surface area contributed by atoms with Crippen molar-refractivity contribution in [1.82, 2.24) is 9.80 Å². The fraction of sp³-hybridized carbons (Fsp3) is 0.417. The summed E-state index contributed by atoms with van der Waals surface area (Å²) in [5.74, 6) is 1.26. The molecule has 2 aromatic carbocycles. The SMILES string of the molecule is CCN(Cc1ccc2c(c1)OCCO2)C(=O)C1CC(=O)N(Cc2ccc(C)cc2)C1. The Labute approximate surface area is 177 Å². The quantitative estimate of drug-likeness (QED) is 0.737. The predicted molar refractivity (Wildman–Crippen MR) is 113 cm³/mol. The molecular formula is C24H28N2O4. The van der Waals surface area contributed by atoms with Crippen LogP contribution < -0.4 is 9.47 Å². The second-order valence-corrected chi connectivity index (χ2v) is 7.99. The molecule has 2 heterocycles. The van der Waals surface area contributed by atoms with Gasteiger partial charge >= 0.3 is 0 Å². The van der Waals surface area contributed by atoms with Crippen molar-refractivity contribution in [3.8, 4) is 11.5 Å². The standard InChI is InChI=1S/C24H28N2O4/c1-3-25(15-19-8-9-21-22(12-19)30-11-10-29-21)24(28)20-13-23(27)26(16-20)14-18-6-4-17(2)5-7-18/h4-9,12,20H,3,10-11,13-16H2,1-2H3. The third-order valence-corrected chi connectivity index (χ3v) is 5.73. The first kappa shape index (κ1) is 20.3. The van der Waals surface area contributed by atoms with Crippen LogP contribution in [0.5, 0.6) is 11.5 Å². The summed E-state index contributed by atoms with van der Waals surface area (Å²) in [6.07, 6.45) is 0.280. The molecule has 2 aromatic rings. The van der Waals surface area contributed by atoms with Gasteiger partial charge < -0.3 is 19.3 Å². The fourth-order valence-corrected chi connectivity index (χ4v) is 4.01. The summed E-state index contributed by atoms with van der Waals surface area (Å²) in [5.41, 5.74) is 3.28. The molecule has 0 spiro atoms. The molecular weight excluding hydrogens is 380 g/mol. The molecule has 2 aliphatic rings. The van der Waals surface area contributed by atoms with Crippen molar-refractivity contribution in [1.29, 1.82) is 0 Å². The first-order chi connectivity index (χ1) is 14.5. The van der Waals surface area contributed by atoms with Crippen molar-refractivity contribution in [2.24, 2.45) is 5.92 Å². The number of carbonyl (C=O) groups is 2. The van der Waals surface area contributed by atoms with Crippen molar-refractivity contribution in [2.45, 2.75) is 33.4 Å². The van der Waals surface area contributed by atoms with Crippen LogP contribution in [0, 0.1) is 12.8 Å². The minimum Gasteiger partial charge on any atom is -0.486 e. The Bertz CT molecular complexity index is 925. The van der Waals surface area contributed by atoms with E-state index in [1.165, 1.54) is 5.56 Å². The van der Waals surface area contributed by atoms with Gasteiger partial charge in [-0.3, -0.25) is 9.59 Å². The fourth-order valence-electron chi connectivity index (χ4n) is 4.01. The van der Waals surface area contributed by atoms with E-state index in [0.717, 1.165) is 22.6 Å². The van der Waals surface area contributed by atoms with Gasteiger partial charge in [-0.2, -0.15) is 0 Å². The Morgan fingerprint density at radius 3 is 2.50 bits per heavy atom. The second-order valence-electron chi connectivity index (χ2n) is 7.99. The third kappa shape index (κ3) is 4.42. The molecule has 158 valence electrons. The van der Waals surface area contributed by atoms with Crippen LogP contribution in [0.4, 0.5) is 0 Å². The summed E-state index contributed by atoms with van der Waals surface area (Å²) in [6.45, 7) is 7.22. The highest BCUT2D eigenvalue weighted by molar-refractivity contribution is 5.89. The first-order valence-corrected chi connectivity index (χ1v) is 10.5. The van der Waals surface area contributed by atoms with E-state index >= 15 is 0 Å². The smallest absolute Gasteiger partial charge is 0.228 e. The van der Waals surface area contributed by atoms with Gasteiger partial charge in [-0.05, 0) is 37.1 Å². The summed E-state index contributed by atoms with van der Waals surface area (Å²) in [6, 6.07) is 14.0. The molecule has 2 amide bonds. The molecule has 0 aromatic heterocycles. The Morgan fingerprint density at radius 1 is 1.07 bits per heavy atom. The lowest BCUT2D eigenvalue weighted by Gasteiger charge is -2.25. The Balaban J connectivity index is 1.40. The summed E-state index contributed by atoms with van der Waals surface area (Å²) in [7, 11) is 0. The molecule has 0 N–H and O–H groups in total. The zero-order valence-electron chi connectivity index (χ0n) is 17.6. The highest BCUT2D eigenvalue weighted by Crippen LogP contribution is 2.31. The molecule has 2 aliphatic heterocycles. The van der Waals surface area contributed by atoms with Crippen LogP contribution in [0.2, 0.25) is 0 Å².